The summed E-state index contributed by atoms with van der Waals surface area (Å²) in [4.78, 5) is 14.5. The predicted octanol–water partition coefficient (Wildman–Crippen LogP) is 3.30. The molecule has 25 heavy (non-hydrogen) atoms. The molecule has 2 amide bonds. The Labute approximate surface area is 146 Å². The van der Waals surface area contributed by atoms with E-state index >= 15 is 0 Å². The van der Waals surface area contributed by atoms with Crippen molar-refractivity contribution in [3.8, 4) is 6.07 Å². The third-order valence-corrected chi connectivity index (χ3v) is 4.62. The zero-order valence-corrected chi connectivity index (χ0v) is 14.4. The van der Waals surface area contributed by atoms with E-state index in [1.54, 1.807) is 24.3 Å². The number of rotatable bonds is 3. The lowest BCUT2D eigenvalue weighted by Gasteiger charge is -2.37. The molecule has 0 bridgehead atoms. The van der Waals surface area contributed by atoms with Crippen LogP contribution in [0.3, 0.4) is 0 Å². The molecule has 0 aliphatic carbocycles. The Morgan fingerprint density at radius 1 is 1.40 bits per heavy atom. The Bertz CT molecular complexity index is 778. The maximum atomic E-state index is 12.7. The standard InChI is InChI=1S/C18H21N5O2/c1-3-16-21-22-17(25-16)15-5-4-10-23(12(15)2)18(24)20-14-8-6-13(11-19)7-9-14/h6-9,12,15H,3-5,10H2,1-2H3,(H,20,24)/t12-,15-/m1/s1. The number of carbonyl (C=O) groups is 1. The average molecular weight is 339 g/mol. The highest BCUT2D eigenvalue weighted by Crippen LogP contribution is 2.32. The summed E-state index contributed by atoms with van der Waals surface area (Å²) in [5.41, 5.74) is 1.23. The number of nitrogens with zero attached hydrogens (tertiary/aromatic N) is 4. The highest BCUT2D eigenvalue weighted by molar-refractivity contribution is 5.89. The zero-order chi connectivity index (χ0) is 17.8. The van der Waals surface area contributed by atoms with Crippen LogP contribution >= 0.6 is 0 Å². The lowest BCUT2D eigenvalue weighted by Crippen LogP contribution is -2.47. The van der Waals surface area contributed by atoms with E-state index in [-0.39, 0.29) is 18.0 Å². The number of likely N-dealkylation sites (tertiary alicyclic amines) is 1. The second-order valence-corrected chi connectivity index (χ2v) is 6.19. The fraction of sp³-hybridized carbons (Fsp3) is 0.444. The molecule has 1 fully saturated rings. The topological polar surface area (TPSA) is 95.0 Å². The molecule has 1 aliphatic heterocycles. The number of carbonyl (C=O) groups excluding carboxylic acids is 1. The van der Waals surface area contributed by atoms with E-state index in [0.29, 0.717) is 36.0 Å². The molecule has 1 saturated heterocycles. The number of aryl methyl sites for hydroxylation is 1. The maximum absolute atomic E-state index is 12.7. The molecular weight excluding hydrogens is 318 g/mol. The third-order valence-electron chi connectivity index (χ3n) is 4.62. The number of anilines is 1. The first kappa shape index (κ1) is 17.0. The zero-order valence-electron chi connectivity index (χ0n) is 14.4. The van der Waals surface area contributed by atoms with Gasteiger partial charge in [0.05, 0.1) is 17.6 Å². The molecule has 0 radical (unpaired) electrons. The van der Waals surface area contributed by atoms with Gasteiger partial charge in [-0.2, -0.15) is 5.26 Å². The summed E-state index contributed by atoms with van der Waals surface area (Å²) in [6.45, 7) is 4.67. The van der Waals surface area contributed by atoms with Crippen LogP contribution in [0.1, 0.15) is 50.0 Å². The van der Waals surface area contributed by atoms with E-state index in [2.05, 4.69) is 21.6 Å². The summed E-state index contributed by atoms with van der Waals surface area (Å²) >= 11 is 0. The van der Waals surface area contributed by atoms with Gasteiger partial charge in [0.2, 0.25) is 11.8 Å². The maximum Gasteiger partial charge on any atom is 0.322 e. The summed E-state index contributed by atoms with van der Waals surface area (Å²) in [5, 5.41) is 19.9. The fourth-order valence-electron chi connectivity index (χ4n) is 3.14. The minimum Gasteiger partial charge on any atom is -0.425 e. The molecule has 130 valence electrons. The summed E-state index contributed by atoms with van der Waals surface area (Å²) in [7, 11) is 0. The van der Waals surface area contributed by atoms with Crippen molar-refractivity contribution in [2.24, 2.45) is 0 Å². The van der Waals surface area contributed by atoms with Gasteiger partial charge in [0.25, 0.3) is 0 Å². The van der Waals surface area contributed by atoms with Crippen LogP contribution in [0.25, 0.3) is 0 Å². The van der Waals surface area contributed by atoms with Gasteiger partial charge < -0.3 is 14.6 Å². The minimum atomic E-state index is -0.155. The van der Waals surface area contributed by atoms with Crippen LogP contribution < -0.4 is 5.32 Å². The van der Waals surface area contributed by atoms with Crippen molar-refractivity contribution in [2.45, 2.75) is 45.1 Å². The van der Waals surface area contributed by atoms with Crippen molar-refractivity contribution < 1.29 is 9.21 Å². The second kappa shape index (κ2) is 7.34. The lowest BCUT2D eigenvalue weighted by atomic mass is 9.90. The molecule has 7 heteroatoms. The number of nitrogens with one attached hydrogen (secondary N) is 1. The Balaban J connectivity index is 1.70. The molecule has 1 aromatic heterocycles. The molecule has 7 nitrogen and oxygen atoms in total. The molecule has 0 spiro atoms. The van der Waals surface area contributed by atoms with Gasteiger partial charge in [0, 0.05) is 24.7 Å². The first-order chi connectivity index (χ1) is 12.1. The Hall–Kier alpha value is -2.88. The summed E-state index contributed by atoms with van der Waals surface area (Å²) in [5.74, 6) is 1.29. The van der Waals surface area contributed by atoms with Gasteiger partial charge >= 0.3 is 6.03 Å². The van der Waals surface area contributed by atoms with Crippen molar-refractivity contribution in [3.63, 3.8) is 0 Å². The number of hydrogen-bond acceptors (Lipinski definition) is 5. The number of amides is 2. The molecule has 2 heterocycles. The first-order valence-electron chi connectivity index (χ1n) is 8.52. The van der Waals surface area contributed by atoms with Gasteiger partial charge in [-0.05, 0) is 44.0 Å². The third kappa shape index (κ3) is 3.63. The summed E-state index contributed by atoms with van der Waals surface area (Å²) in [6, 6.07) is 8.70. The highest BCUT2D eigenvalue weighted by Gasteiger charge is 2.35. The van der Waals surface area contributed by atoms with E-state index in [9.17, 15) is 4.79 Å². The van der Waals surface area contributed by atoms with Crippen molar-refractivity contribution in [2.75, 3.05) is 11.9 Å². The quantitative estimate of drug-likeness (QED) is 0.925. The smallest absolute Gasteiger partial charge is 0.322 e. The van der Waals surface area contributed by atoms with Crippen LogP contribution in [0.5, 0.6) is 0 Å². The summed E-state index contributed by atoms with van der Waals surface area (Å²) in [6.07, 6.45) is 2.52. The average Bonchev–Trinajstić information content (AvgIpc) is 3.11. The van der Waals surface area contributed by atoms with Gasteiger partial charge in [0.1, 0.15) is 0 Å². The van der Waals surface area contributed by atoms with Crippen LogP contribution in [-0.4, -0.2) is 33.7 Å². The minimum absolute atomic E-state index is 0.0303. The van der Waals surface area contributed by atoms with E-state index < -0.39 is 0 Å². The number of aromatic nitrogens is 2. The molecular formula is C18H21N5O2. The van der Waals surface area contributed by atoms with Gasteiger partial charge in [-0.3, -0.25) is 0 Å². The van der Waals surface area contributed by atoms with Crippen molar-refractivity contribution in [1.29, 1.82) is 5.26 Å². The summed E-state index contributed by atoms with van der Waals surface area (Å²) < 4.78 is 5.70. The number of urea groups is 1. The Kier molecular flexibility index (Phi) is 4.98. The highest BCUT2D eigenvalue weighted by atomic mass is 16.4. The van der Waals surface area contributed by atoms with Crippen molar-refractivity contribution in [1.82, 2.24) is 15.1 Å². The van der Waals surface area contributed by atoms with Crippen LogP contribution in [0.15, 0.2) is 28.7 Å². The number of benzene rings is 1. The Morgan fingerprint density at radius 3 is 2.80 bits per heavy atom. The number of hydrogen-bond donors (Lipinski definition) is 1. The van der Waals surface area contributed by atoms with E-state index in [1.807, 2.05) is 18.7 Å². The van der Waals surface area contributed by atoms with Crippen LogP contribution in [0, 0.1) is 11.3 Å². The SMILES string of the molecule is CCc1nnc([C@@H]2CCCN(C(=O)Nc3ccc(C#N)cc3)[C@@H]2C)o1. The van der Waals surface area contributed by atoms with Crippen LogP contribution in [0.4, 0.5) is 10.5 Å². The van der Waals surface area contributed by atoms with E-state index in [0.717, 1.165) is 12.8 Å². The molecule has 2 atom stereocenters. The predicted molar refractivity (Wildman–Crippen MR) is 92.0 cm³/mol. The van der Waals surface area contributed by atoms with E-state index in [4.69, 9.17) is 9.68 Å². The van der Waals surface area contributed by atoms with Crippen molar-refractivity contribution >= 4 is 11.7 Å². The molecule has 0 saturated carbocycles. The Morgan fingerprint density at radius 2 is 2.16 bits per heavy atom. The van der Waals surface area contributed by atoms with Crippen LogP contribution in [0.2, 0.25) is 0 Å². The molecule has 3 rings (SSSR count). The van der Waals surface area contributed by atoms with Crippen LogP contribution in [-0.2, 0) is 6.42 Å². The van der Waals surface area contributed by atoms with Gasteiger partial charge in [-0.1, -0.05) is 6.92 Å². The van der Waals surface area contributed by atoms with E-state index in [1.165, 1.54) is 0 Å². The van der Waals surface area contributed by atoms with Gasteiger partial charge in [-0.15, -0.1) is 10.2 Å². The monoisotopic (exact) mass is 339 g/mol. The molecule has 1 aliphatic rings. The van der Waals surface area contributed by atoms with Crippen molar-refractivity contribution in [3.05, 3.63) is 41.6 Å². The normalized spacial score (nSPS) is 20.1. The second-order valence-electron chi connectivity index (χ2n) is 6.19. The fourth-order valence-corrected chi connectivity index (χ4v) is 3.14. The lowest BCUT2D eigenvalue weighted by molar-refractivity contribution is 0.147. The largest absolute Gasteiger partial charge is 0.425 e. The van der Waals surface area contributed by atoms with Gasteiger partial charge in [0.15, 0.2) is 0 Å². The molecule has 2 aromatic rings. The number of nitriles is 1. The molecule has 0 unspecified atom stereocenters. The first-order valence-corrected chi connectivity index (χ1v) is 8.52. The molecule has 1 aromatic carbocycles. The molecule has 1 N–H and O–H groups in total. The number of piperidine rings is 1. The van der Waals surface area contributed by atoms with Gasteiger partial charge in [-0.25, -0.2) is 4.79 Å².